The molecule has 0 aromatic carbocycles. The lowest BCUT2D eigenvalue weighted by atomic mass is 10.0. The second-order valence-corrected chi connectivity index (χ2v) is 4.97. The van der Waals surface area contributed by atoms with Gasteiger partial charge in [0, 0.05) is 22.7 Å². The van der Waals surface area contributed by atoms with E-state index in [0.29, 0.717) is 9.26 Å². The van der Waals surface area contributed by atoms with Gasteiger partial charge in [0.2, 0.25) is 0 Å². The van der Waals surface area contributed by atoms with Gasteiger partial charge >= 0.3 is 5.97 Å². The largest absolute Gasteiger partial charge is 0.466 e. The van der Waals surface area contributed by atoms with Crippen LogP contribution in [0.2, 0.25) is 0 Å². The SMILES string of the molecule is CCOC(=O)Cc1c(I)ncc(CBr)c1C(F)F. The van der Waals surface area contributed by atoms with Crippen LogP contribution in [0.1, 0.15) is 30.0 Å². The highest BCUT2D eigenvalue weighted by Crippen LogP contribution is 2.30. The summed E-state index contributed by atoms with van der Waals surface area (Å²) in [6.45, 7) is 1.90. The maximum Gasteiger partial charge on any atom is 0.310 e. The van der Waals surface area contributed by atoms with Gasteiger partial charge in [-0.15, -0.1) is 0 Å². The van der Waals surface area contributed by atoms with Crippen LogP contribution >= 0.6 is 38.5 Å². The van der Waals surface area contributed by atoms with Gasteiger partial charge in [-0.1, -0.05) is 15.9 Å². The molecule has 0 aliphatic rings. The molecule has 0 atom stereocenters. The zero-order valence-electron chi connectivity index (χ0n) is 9.55. The van der Waals surface area contributed by atoms with Crippen LogP contribution in [0.25, 0.3) is 0 Å². The topological polar surface area (TPSA) is 39.2 Å². The highest BCUT2D eigenvalue weighted by Gasteiger charge is 2.22. The van der Waals surface area contributed by atoms with Crippen LogP contribution in [0.3, 0.4) is 0 Å². The fourth-order valence-corrected chi connectivity index (χ4v) is 2.56. The monoisotopic (exact) mass is 433 g/mol. The second-order valence-electron chi connectivity index (χ2n) is 3.38. The summed E-state index contributed by atoms with van der Waals surface area (Å²) >= 11 is 4.99. The molecule has 1 aromatic rings. The predicted molar refractivity (Wildman–Crippen MR) is 74.9 cm³/mol. The standard InChI is InChI=1S/C11H11BrF2INO2/c1-2-18-8(17)3-7-9(10(13)14)6(4-12)5-16-11(7)15/h5,10H,2-4H2,1H3. The molecule has 0 N–H and O–H groups in total. The number of hydrogen-bond donors (Lipinski definition) is 0. The number of ether oxygens (including phenoxy) is 1. The highest BCUT2D eigenvalue weighted by molar-refractivity contribution is 14.1. The molecular formula is C11H11BrF2INO2. The van der Waals surface area contributed by atoms with E-state index in [-0.39, 0.29) is 29.5 Å². The molecule has 0 aliphatic carbocycles. The predicted octanol–water partition coefficient (Wildman–Crippen LogP) is 3.62. The summed E-state index contributed by atoms with van der Waals surface area (Å²) in [5, 5.41) is 0.270. The van der Waals surface area contributed by atoms with E-state index in [1.165, 1.54) is 6.20 Å². The summed E-state index contributed by atoms with van der Waals surface area (Å²) in [6, 6.07) is 0. The molecule has 100 valence electrons. The minimum Gasteiger partial charge on any atom is -0.466 e. The maximum absolute atomic E-state index is 13.1. The van der Waals surface area contributed by atoms with Crippen LogP contribution in [-0.2, 0) is 21.3 Å². The third-order valence-electron chi connectivity index (χ3n) is 2.24. The minimum absolute atomic E-state index is 0.126. The van der Waals surface area contributed by atoms with Crippen molar-refractivity contribution in [2.75, 3.05) is 6.61 Å². The molecule has 0 saturated heterocycles. The van der Waals surface area contributed by atoms with Crippen LogP contribution < -0.4 is 0 Å². The first-order valence-electron chi connectivity index (χ1n) is 5.17. The summed E-state index contributed by atoms with van der Waals surface area (Å²) in [7, 11) is 0. The van der Waals surface area contributed by atoms with Gasteiger partial charge in [-0.3, -0.25) is 4.79 Å². The fraction of sp³-hybridized carbons (Fsp3) is 0.455. The zero-order chi connectivity index (χ0) is 13.7. The van der Waals surface area contributed by atoms with E-state index in [4.69, 9.17) is 4.74 Å². The van der Waals surface area contributed by atoms with Crippen molar-refractivity contribution in [3.63, 3.8) is 0 Å². The Labute approximate surface area is 126 Å². The number of halogens is 4. The smallest absolute Gasteiger partial charge is 0.310 e. The van der Waals surface area contributed by atoms with Crippen LogP contribution in [-0.4, -0.2) is 17.6 Å². The second kappa shape index (κ2) is 7.32. The van der Waals surface area contributed by atoms with Gasteiger partial charge < -0.3 is 4.74 Å². The Hall–Kier alpha value is -0.310. The molecule has 0 aliphatic heterocycles. The van der Waals surface area contributed by atoms with Crippen molar-refractivity contribution in [3.8, 4) is 0 Å². The molecule has 7 heteroatoms. The van der Waals surface area contributed by atoms with Crippen molar-refractivity contribution in [2.24, 2.45) is 0 Å². The van der Waals surface area contributed by atoms with Crippen molar-refractivity contribution in [2.45, 2.75) is 25.1 Å². The quantitative estimate of drug-likeness (QED) is 0.308. The lowest BCUT2D eigenvalue weighted by Gasteiger charge is -2.13. The van der Waals surface area contributed by atoms with Crippen LogP contribution in [0.5, 0.6) is 0 Å². The number of pyridine rings is 1. The summed E-state index contributed by atoms with van der Waals surface area (Å²) < 4.78 is 31.4. The average molecular weight is 434 g/mol. The number of aromatic nitrogens is 1. The zero-order valence-corrected chi connectivity index (χ0v) is 13.3. The van der Waals surface area contributed by atoms with E-state index in [0.717, 1.165) is 0 Å². The Kier molecular flexibility index (Phi) is 6.40. The molecule has 0 fully saturated rings. The Morgan fingerprint density at radius 2 is 2.28 bits per heavy atom. The maximum atomic E-state index is 13.1. The number of carbonyl (C=O) groups excluding carboxylic acids is 1. The molecule has 1 aromatic heterocycles. The van der Waals surface area contributed by atoms with E-state index in [9.17, 15) is 13.6 Å². The lowest BCUT2D eigenvalue weighted by Crippen LogP contribution is -2.13. The van der Waals surface area contributed by atoms with Crippen molar-refractivity contribution < 1.29 is 18.3 Å². The summed E-state index contributed by atoms with van der Waals surface area (Å²) in [5.74, 6) is -0.522. The van der Waals surface area contributed by atoms with Gasteiger partial charge in [-0.2, -0.15) is 0 Å². The molecule has 18 heavy (non-hydrogen) atoms. The Morgan fingerprint density at radius 3 is 2.78 bits per heavy atom. The van der Waals surface area contributed by atoms with Crippen LogP contribution in [0.15, 0.2) is 6.20 Å². The van der Waals surface area contributed by atoms with Crippen molar-refractivity contribution in [1.29, 1.82) is 0 Å². The molecule has 0 spiro atoms. The van der Waals surface area contributed by atoms with Gasteiger partial charge in [-0.25, -0.2) is 13.8 Å². The average Bonchev–Trinajstić information content (AvgIpc) is 2.31. The highest BCUT2D eigenvalue weighted by atomic mass is 127. The normalized spacial score (nSPS) is 10.8. The number of nitrogens with zero attached hydrogens (tertiary/aromatic N) is 1. The molecule has 0 saturated carbocycles. The van der Waals surface area contributed by atoms with E-state index in [1.54, 1.807) is 6.92 Å². The molecule has 1 rings (SSSR count). The first-order chi connectivity index (χ1) is 8.51. The van der Waals surface area contributed by atoms with Crippen LogP contribution in [0, 0.1) is 3.70 Å². The van der Waals surface area contributed by atoms with Gasteiger partial charge in [-0.05, 0) is 35.1 Å². The van der Waals surface area contributed by atoms with Crippen molar-refractivity contribution in [3.05, 3.63) is 26.6 Å². The minimum atomic E-state index is -2.64. The van der Waals surface area contributed by atoms with Crippen molar-refractivity contribution in [1.82, 2.24) is 4.98 Å². The number of esters is 1. The van der Waals surface area contributed by atoms with Gasteiger partial charge in [0.05, 0.1) is 13.0 Å². The lowest BCUT2D eigenvalue weighted by molar-refractivity contribution is -0.142. The van der Waals surface area contributed by atoms with E-state index >= 15 is 0 Å². The Balaban J connectivity index is 3.18. The molecule has 1 heterocycles. The Morgan fingerprint density at radius 1 is 1.61 bits per heavy atom. The molecule has 0 bridgehead atoms. The van der Waals surface area contributed by atoms with E-state index in [2.05, 4.69) is 20.9 Å². The van der Waals surface area contributed by atoms with E-state index in [1.807, 2.05) is 22.6 Å². The third kappa shape index (κ3) is 3.84. The van der Waals surface area contributed by atoms with E-state index < -0.39 is 12.4 Å². The van der Waals surface area contributed by atoms with Crippen LogP contribution in [0.4, 0.5) is 8.78 Å². The number of alkyl halides is 3. The fourth-order valence-electron chi connectivity index (χ4n) is 1.49. The summed E-state index contributed by atoms with van der Waals surface area (Å²) in [6.07, 6.45) is -1.43. The number of hydrogen-bond acceptors (Lipinski definition) is 3. The molecular weight excluding hydrogens is 423 g/mol. The van der Waals surface area contributed by atoms with Crippen molar-refractivity contribution >= 4 is 44.5 Å². The summed E-state index contributed by atoms with van der Waals surface area (Å²) in [5.41, 5.74) is 0.519. The molecule has 0 radical (unpaired) electrons. The first kappa shape index (κ1) is 15.7. The third-order valence-corrected chi connectivity index (χ3v) is 3.78. The van der Waals surface area contributed by atoms with Gasteiger partial charge in [0.25, 0.3) is 6.43 Å². The molecule has 0 amide bonds. The first-order valence-corrected chi connectivity index (χ1v) is 7.37. The van der Waals surface area contributed by atoms with Gasteiger partial charge in [0.1, 0.15) is 3.70 Å². The Bertz CT molecular complexity index is 443. The number of rotatable bonds is 5. The van der Waals surface area contributed by atoms with Gasteiger partial charge in [0.15, 0.2) is 0 Å². The molecule has 0 unspecified atom stereocenters. The number of carbonyl (C=O) groups is 1. The molecule has 3 nitrogen and oxygen atoms in total. The summed E-state index contributed by atoms with van der Waals surface area (Å²) in [4.78, 5) is 15.5.